The number of carbonyl (C=O) groups excluding carboxylic acids is 3. The standard InChI is InChI=1S/C30H27FN4O3/c1-3-17(2)32-28(36)21-9-5-7-11-24(21)35-29(37)25-16-22-20-8-4-6-10-23(20)33-26(22)27(34(25)30(35)38)18-12-14-19(31)15-13-18/h4-15,17,25,27,33H,3,16H2,1-2H3,(H,32,36)/t17?,25-,27?/m0/s1. The van der Waals surface area contributed by atoms with Crippen LogP contribution in [0.4, 0.5) is 14.9 Å². The molecule has 4 amide bonds. The minimum atomic E-state index is -0.769. The Bertz CT molecular complexity index is 1580. The van der Waals surface area contributed by atoms with Gasteiger partial charge in [-0.15, -0.1) is 0 Å². The first-order valence-corrected chi connectivity index (χ1v) is 12.8. The van der Waals surface area contributed by atoms with Gasteiger partial charge >= 0.3 is 6.03 Å². The van der Waals surface area contributed by atoms with E-state index in [4.69, 9.17) is 0 Å². The summed E-state index contributed by atoms with van der Waals surface area (Å²) in [5, 5.41) is 3.92. The summed E-state index contributed by atoms with van der Waals surface area (Å²) in [5.74, 6) is -1.11. The Morgan fingerprint density at radius 1 is 1.05 bits per heavy atom. The number of fused-ring (bicyclic) bond motifs is 4. The molecule has 1 fully saturated rings. The second-order valence-corrected chi connectivity index (χ2v) is 9.90. The highest BCUT2D eigenvalue weighted by Gasteiger charge is 2.53. The van der Waals surface area contributed by atoms with E-state index in [9.17, 15) is 18.8 Å². The lowest BCUT2D eigenvalue weighted by molar-refractivity contribution is -0.120. The third-order valence-corrected chi connectivity index (χ3v) is 7.61. The van der Waals surface area contributed by atoms with Gasteiger partial charge in [0.1, 0.15) is 17.9 Å². The number of aromatic amines is 1. The van der Waals surface area contributed by atoms with Gasteiger partial charge in [-0.05, 0) is 54.8 Å². The highest BCUT2D eigenvalue weighted by Crippen LogP contribution is 2.45. The second-order valence-electron chi connectivity index (χ2n) is 9.90. The number of benzene rings is 3. The topological polar surface area (TPSA) is 85.5 Å². The quantitative estimate of drug-likeness (QED) is 0.357. The summed E-state index contributed by atoms with van der Waals surface area (Å²) in [4.78, 5) is 47.3. The van der Waals surface area contributed by atoms with Crippen molar-refractivity contribution in [1.29, 1.82) is 0 Å². The third kappa shape index (κ3) is 3.67. The summed E-state index contributed by atoms with van der Waals surface area (Å²) in [5.41, 5.74) is 3.88. The monoisotopic (exact) mass is 510 g/mol. The number of anilines is 1. The summed E-state index contributed by atoms with van der Waals surface area (Å²) in [6, 6.07) is 18.5. The van der Waals surface area contributed by atoms with Gasteiger partial charge < -0.3 is 10.3 Å². The molecule has 0 bridgehead atoms. The number of halogens is 1. The van der Waals surface area contributed by atoms with Gasteiger partial charge in [0.15, 0.2) is 0 Å². The Morgan fingerprint density at radius 2 is 1.76 bits per heavy atom. The maximum atomic E-state index is 14.1. The first-order valence-electron chi connectivity index (χ1n) is 12.8. The zero-order valence-corrected chi connectivity index (χ0v) is 21.1. The molecule has 3 aromatic carbocycles. The number of carbonyl (C=O) groups is 3. The first-order chi connectivity index (χ1) is 18.4. The van der Waals surface area contributed by atoms with Crippen LogP contribution in [0.2, 0.25) is 0 Å². The van der Waals surface area contributed by atoms with Crippen molar-refractivity contribution in [2.75, 3.05) is 4.90 Å². The molecule has 1 aromatic heterocycles. The minimum absolute atomic E-state index is 0.0620. The molecular formula is C30H27FN4O3. The largest absolute Gasteiger partial charge is 0.356 e. The second kappa shape index (κ2) is 9.13. The van der Waals surface area contributed by atoms with Crippen molar-refractivity contribution in [1.82, 2.24) is 15.2 Å². The highest BCUT2D eigenvalue weighted by atomic mass is 19.1. The van der Waals surface area contributed by atoms with Crippen LogP contribution in [0, 0.1) is 5.82 Å². The number of aromatic nitrogens is 1. The number of imide groups is 1. The molecular weight excluding hydrogens is 483 g/mol. The Kier molecular flexibility index (Phi) is 5.75. The number of urea groups is 1. The molecule has 0 spiro atoms. The van der Waals surface area contributed by atoms with Crippen LogP contribution in [-0.4, -0.2) is 39.8 Å². The van der Waals surface area contributed by atoms with Gasteiger partial charge in [0.05, 0.1) is 11.3 Å². The Hall–Kier alpha value is -4.46. The van der Waals surface area contributed by atoms with Gasteiger partial charge in [-0.3, -0.25) is 14.5 Å². The van der Waals surface area contributed by atoms with E-state index in [1.54, 1.807) is 41.3 Å². The fraction of sp³-hybridized carbons (Fsp3) is 0.233. The number of nitrogens with zero attached hydrogens (tertiary/aromatic N) is 2. The van der Waals surface area contributed by atoms with E-state index in [0.717, 1.165) is 33.5 Å². The predicted molar refractivity (Wildman–Crippen MR) is 142 cm³/mol. The van der Waals surface area contributed by atoms with Gasteiger partial charge in [-0.2, -0.15) is 0 Å². The van der Waals surface area contributed by atoms with Crippen molar-refractivity contribution in [3.05, 3.63) is 101 Å². The predicted octanol–water partition coefficient (Wildman–Crippen LogP) is 5.32. The van der Waals surface area contributed by atoms with Gasteiger partial charge in [-0.25, -0.2) is 14.1 Å². The lowest BCUT2D eigenvalue weighted by Crippen LogP contribution is -2.44. The molecule has 2 N–H and O–H groups in total. The summed E-state index contributed by atoms with van der Waals surface area (Å²) in [7, 11) is 0. The van der Waals surface area contributed by atoms with E-state index in [1.807, 2.05) is 38.1 Å². The number of hydrogen-bond acceptors (Lipinski definition) is 3. The SMILES string of the molecule is CCC(C)NC(=O)c1ccccc1N1C(=O)[C@@H]2Cc3c([nH]c4ccccc34)C(c3ccc(F)cc3)N2C1=O. The molecule has 38 heavy (non-hydrogen) atoms. The number of nitrogens with one attached hydrogen (secondary N) is 2. The highest BCUT2D eigenvalue weighted by molar-refractivity contribution is 6.24. The first kappa shape index (κ1) is 23.9. The number of amides is 4. The molecule has 2 aliphatic rings. The van der Waals surface area contributed by atoms with Gasteiger partial charge in [0, 0.05) is 29.1 Å². The molecule has 7 nitrogen and oxygen atoms in total. The summed E-state index contributed by atoms with van der Waals surface area (Å²) < 4.78 is 13.9. The number of H-pyrrole nitrogens is 1. The van der Waals surface area contributed by atoms with Crippen LogP contribution >= 0.6 is 0 Å². The fourth-order valence-electron chi connectivity index (χ4n) is 5.55. The number of rotatable bonds is 5. The molecule has 2 aliphatic heterocycles. The Morgan fingerprint density at radius 3 is 2.53 bits per heavy atom. The number of para-hydroxylation sites is 2. The van der Waals surface area contributed by atoms with Crippen LogP contribution < -0.4 is 10.2 Å². The lowest BCUT2D eigenvalue weighted by Gasteiger charge is -2.36. The maximum Gasteiger partial charge on any atom is 0.332 e. The van der Waals surface area contributed by atoms with Crippen molar-refractivity contribution in [2.24, 2.45) is 0 Å². The molecule has 1 saturated heterocycles. The van der Waals surface area contributed by atoms with Crippen molar-refractivity contribution < 1.29 is 18.8 Å². The zero-order valence-electron chi connectivity index (χ0n) is 21.1. The Balaban J connectivity index is 1.48. The smallest absolute Gasteiger partial charge is 0.332 e. The van der Waals surface area contributed by atoms with Crippen LogP contribution in [0.3, 0.4) is 0 Å². The molecule has 6 rings (SSSR count). The molecule has 2 unspecified atom stereocenters. The van der Waals surface area contributed by atoms with Crippen molar-refractivity contribution in [3.63, 3.8) is 0 Å². The molecule has 8 heteroatoms. The van der Waals surface area contributed by atoms with Crippen molar-refractivity contribution in [2.45, 2.75) is 44.8 Å². The van der Waals surface area contributed by atoms with E-state index in [1.165, 1.54) is 12.1 Å². The lowest BCUT2D eigenvalue weighted by atomic mass is 9.89. The fourth-order valence-corrected chi connectivity index (χ4v) is 5.55. The maximum absolute atomic E-state index is 14.1. The average Bonchev–Trinajstić information content (AvgIpc) is 3.42. The molecule has 192 valence electrons. The van der Waals surface area contributed by atoms with E-state index < -0.39 is 18.1 Å². The van der Waals surface area contributed by atoms with Gasteiger partial charge in [0.25, 0.3) is 11.8 Å². The van der Waals surface area contributed by atoms with Crippen LogP contribution in [0.5, 0.6) is 0 Å². The van der Waals surface area contributed by atoms with Crippen molar-refractivity contribution in [3.8, 4) is 0 Å². The van der Waals surface area contributed by atoms with Crippen LogP contribution in [0.15, 0.2) is 72.8 Å². The summed E-state index contributed by atoms with van der Waals surface area (Å²) >= 11 is 0. The number of hydrogen-bond donors (Lipinski definition) is 2. The van der Waals surface area contributed by atoms with Crippen LogP contribution in [0.1, 0.15) is 53.5 Å². The summed E-state index contributed by atoms with van der Waals surface area (Å²) in [6.45, 7) is 3.87. The third-order valence-electron chi connectivity index (χ3n) is 7.61. The average molecular weight is 511 g/mol. The Labute approximate surface area is 219 Å². The van der Waals surface area contributed by atoms with E-state index in [0.29, 0.717) is 12.0 Å². The molecule has 3 atom stereocenters. The summed E-state index contributed by atoms with van der Waals surface area (Å²) in [6.07, 6.45) is 1.08. The van der Waals surface area contributed by atoms with Gasteiger partial charge in [-0.1, -0.05) is 49.4 Å². The zero-order chi connectivity index (χ0) is 26.6. The van der Waals surface area contributed by atoms with Gasteiger partial charge in [0.2, 0.25) is 0 Å². The van der Waals surface area contributed by atoms with E-state index in [-0.39, 0.29) is 34.9 Å². The molecule has 4 aromatic rings. The van der Waals surface area contributed by atoms with E-state index in [2.05, 4.69) is 10.3 Å². The van der Waals surface area contributed by atoms with Crippen molar-refractivity contribution >= 4 is 34.4 Å². The molecule has 0 radical (unpaired) electrons. The minimum Gasteiger partial charge on any atom is -0.356 e. The molecule has 0 saturated carbocycles. The van der Waals surface area contributed by atoms with Crippen LogP contribution in [0.25, 0.3) is 10.9 Å². The molecule has 0 aliphatic carbocycles. The van der Waals surface area contributed by atoms with Crippen LogP contribution in [-0.2, 0) is 11.2 Å². The molecule has 3 heterocycles. The van der Waals surface area contributed by atoms with E-state index >= 15 is 0 Å². The normalized spacial score (nSPS) is 19.4.